The van der Waals surface area contributed by atoms with Crippen molar-refractivity contribution < 1.29 is 14.6 Å². The van der Waals surface area contributed by atoms with Crippen LogP contribution in [0, 0.1) is 0 Å². The highest BCUT2D eigenvalue weighted by molar-refractivity contribution is 5.93. The van der Waals surface area contributed by atoms with Gasteiger partial charge in [0.2, 0.25) is 5.56 Å². The number of nitrogens with zero attached hydrogens (tertiary/aromatic N) is 2. The molecule has 0 radical (unpaired) electrons. The van der Waals surface area contributed by atoms with E-state index in [0.717, 1.165) is 13.1 Å². The minimum atomic E-state index is -0.499. The minimum absolute atomic E-state index is 0.0780. The van der Waals surface area contributed by atoms with Crippen molar-refractivity contribution in [2.24, 2.45) is 0 Å². The molecule has 22 heavy (non-hydrogen) atoms. The van der Waals surface area contributed by atoms with Gasteiger partial charge in [0.1, 0.15) is 0 Å². The predicted molar refractivity (Wildman–Crippen MR) is 81.9 cm³/mol. The van der Waals surface area contributed by atoms with Gasteiger partial charge in [0, 0.05) is 51.6 Å². The van der Waals surface area contributed by atoms with Crippen molar-refractivity contribution in [2.75, 3.05) is 45.9 Å². The SMILES string of the molecule is CCOC[C@@H](O)CN1CCN(C(=O)c2ccc(=O)[nH]c2)CC1. The number of rotatable bonds is 6. The van der Waals surface area contributed by atoms with Gasteiger partial charge < -0.3 is 19.7 Å². The summed E-state index contributed by atoms with van der Waals surface area (Å²) in [7, 11) is 0. The van der Waals surface area contributed by atoms with Gasteiger partial charge >= 0.3 is 0 Å². The van der Waals surface area contributed by atoms with Crippen LogP contribution in [0.25, 0.3) is 0 Å². The molecule has 1 fully saturated rings. The lowest BCUT2D eigenvalue weighted by Gasteiger charge is -2.35. The van der Waals surface area contributed by atoms with E-state index in [0.29, 0.717) is 38.4 Å². The first-order valence-corrected chi connectivity index (χ1v) is 7.56. The first-order chi connectivity index (χ1) is 10.6. The summed E-state index contributed by atoms with van der Waals surface area (Å²) in [6.07, 6.45) is 0.949. The Bertz CT molecular complexity index is 517. The Balaban J connectivity index is 1.80. The molecule has 1 aliphatic rings. The van der Waals surface area contributed by atoms with Crippen LogP contribution in [0.4, 0.5) is 0 Å². The van der Waals surface area contributed by atoms with Crippen LogP contribution in [0.1, 0.15) is 17.3 Å². The summed E-state index contributed by atoms with van der Waals surface area (Å²) in [5.41, 5.74) is 0.272. The molecule has 0 aromatic carbocycles. The number of β-amino-alcohol motifs (C(OH)–C–C–N with tert-alkyl or cyclic N) is 1. The first-order valence-electron chi connectivity index (χ1n) is 7.56. The fourth-order valence-corrected chi connectivity index (χ4v) is 2.46. The van der Waals surface area contributed by atoms with E-state index in [9.17, 15) is 14.7 Å². The Morgan fingerprint density at radius 1 is 1.36 bits per heavy atom. The molecule has 1 amide bonds. The number of aromatic nitrogens is 1. The van der Waals surface area contributed by atoms with Crippen LogP contribution >= 0.6 is 0 Å². The standard InChI is InChI=1S/C15H23N3O4/c1-2-22-11-13(19)10-17-5-7-18(8-6-17)15(21)12-3-4-14(20)16-9-12/h3-4,9,13,19H,2,5-8,10-11H2,1H3,(H,16,20)/t13-/m0/s1. The second kappa shape index (κ2) is 8.07. The van der Waals surface area contributed by atoms with E-state index in [1.807, 2.05) is 6.92 Å². The number of carbonyl (C=O) groups is 1. The molecule has 0 unspecified atom stereocenters. The first kappa shape index (κ1) is 16.7. The Hall–Kier alpha value is -1.70. The average Bonchev–Trinajstić information content (AvgIpc) is 2.54. The van der Waals surface area contributed by atoms with E-state index in [4.69, 9.17) is 4.74 Å². The van der Waals surface area contributed by atoms with Gasteiger partial charge in [0.15, 0.2) is 0 Å². The highest BCUT2D eigenvalue weighted by atomic mass is 16.5. The van der Waals surface area contributed by atoms with Gasteiger partial charge in [-0.1, -0.05) is 0 Å². The highest BCUT2D eigenvalue weighted by Gasteiger charge is 2.23. The second-order valence-corrected chi connectivity index (χ2v) is 5.35. The maximum absolute atomic E-state index is 12.3. The van der Waals surface area contributed by atoms with Gasteiger partial charge in [-0.25, -0.2) is 0 Å². The third-order valence-corrected chi connectivity index (χ3v) is 3.67. The van der Waals surface area contributed by atoms with Gasteiger partial charge in [-0.05, 0) is 13.0 Å². The van der Waals surface area contributed by atoms with Crippen molar-refractivity contribution in [2.45, 2.75) is 13.0 Å². The van der Waals surface area contributed by atoms with E-state index in [1.54, 1.807) is 11.0 Å². The second-order valence-electron chi connectivity index (χ2n) is 5.35. The zero-order chi connectivity index (χ0) is 15.9. The van der Waals surface area contributed by atoms with Crippen molar-refractivity contribution in [3.63, 3.8) is 0 Å². The molecule has 0 aliphatic carbocycles. The van der Waals surface area contributed by atoms with Crippen LogP contribution < -0.4 is 5.56 Å². The number of amides is 1. The van der Waals surface area contributed by atoms with Crippen molar-refractivity contribution >= 4 is 5.91 Å². The lowest BCUT2D eigenvalue weighted by atomic mass is 10.2. The van der Waals surface area contributed by atoms with Gasteiger partial charge in [0.25, 0.3) is 5.91 Å². The number of aliphatic hydroxyl groups is 1. The number of piperazine rings is 1. The molecular weight excluding hydrogens is 286 g/mol. The van der Waals surface area contributed by atoms with Gasteiger partial charge in [0.05, 0.1) is 18.3 Å². The molecule has 1 aliphatic heterocycles. The maximum Gasteiger partial charge on any atom is 0.255 e. The molecule has 0 spiro atoms. The summed E-state index contributed by atoms with van der Waals surface area (Å²) in [5, 5.41) is 9.83. The van der Waals surface area contributed by atoms with E-state index in [1.165, 1.54) is 12.3 Å². The van der Waals surface area contributed by atoms with Crippen LogP contribution in [-0.2, 0) is 4.74 Å². The predicted octanol–water partition coefficient (Wildman–Crippen LogP) is -0.470. The molecular formula is C15H23N3O4. The monoisotopic (exact) mass is 309 g/mol. The summed E-state index contributed by atoms with van der Waals surface area (Å²) in [4.78, 5) is 29.7. The Morgan fingerprint density at radius 3 is 2.68 bits per heavy atom. The molecule has 0 saturated carbocycles. The molecule has 2 N–H and O–H groups in total. The van der Waals surface area contributed by atoms with Crippen molar-refractivity contribution in [1.82, 2.24) is 14.8 Å². The molecule has 7 heteroatoms. The number of ether oxygens (including phenoxy) is 1. The maximum atomic E-state index is 12.3. The van der Waals surface area contributed by atoms with Crippen LogP contribution in [0.3, 0.4) is 0 Å². The summed E-state index contributed by atoms with van der Waals surface area (Å²) in [6.45, 7) is 6.05. The van der Waals surface area contributed by atoms with E-state index < -0.39 is 6.10 Å². The molecule has 0 bridgehead atoms. The zero-order valence-corrected chi connectivity index (χ0v) is 12.8. The molecule has 7 nitrogen and oxygen atoms in total. The Morgan fingerprint density at radius 2 is 2.09 bits per heavy atom. The lowest BCUT2D eigenvalue weighted by Crippen LogP contribution is -2.50. The Labute approximate surface area is 129 Å². The highest BCUT2D eigenvalue weighted by Crippen LogP contribution is 2.08. The molecule has 1 aromatic heterocycles. The van der Waals surface area contributed by atoms with Gasteiger partial charge in [-0.3, -0.25) is 14.5 Å². The largest absolute Gasteiger partial charge is 0.389 e. The number of carbonyl (C=O) groups excluding carboxylic acids is 1. The molecule has 122 valence electrons. The van der Waals surface area contributed by atoms with E-state index in [2.05, 4.69) is 9.88 Å². The molecule has 1 atom stereocenters. The molecule has 1 aromatic rings. The molecule has 2 heterocycles. The summed E-state index contributed by atoms with van der Waals surface area (Å²) < 4.78 is 5.19. The van der Waals surface area contributed by atoms with Crippen molar-refractivity contribution in [3.05, 3.63) is 34.2 Å². The third-order valence-electron chi connectivity index (χ3n) is 3.67. The van der Waals surface area contributed by atoms with Gasteiger partial charge in [-0.2, -0.15) is 0 Å². The lowest BCUT2D eigenvalue weighted by molar-refractivity contribution is 0.0111. The van der Waals surface area contributed by atoms with Crippen LogP contribution in [-0.4, -0.2) is 77.8 Å². The van der Waals surface area contributed by atoms with Crippen LogP contribution in [0.15, 0.2) is 23.1 Å². The number of aromatic amines is 1. The van der Waals surface area contributed by atoms with E-state index >= 15 is 0 Å². The quantitative estimate of drug-likeness (QED) is 0.742. The van der Waals surface area contributed by atoms with Crippen LogP contribution in [0.2, 0.25) is 0 Å². The average molecular weight is 309 g/mol. The number of aliphatic hydroxyl groups excluding tert-OH is 1. The fraction of sp³-hybridized carbons (Fsp3) is 0.600. The number of nitrogens with one attached hydrogen (secondary N) is 1. The number of hydrogen-bond acceptors (Lipinski definition) is 5. The van der Waals surface area contributed by atoms with Gasteiger partial charge in [-0.15, -0.1) is 0 Å². The third kappa shape index (κ3) is 4.66. The summed E-state index contributed by atoms with van der Waals surface area (Å²) in [6, 6.07) is 2.90. The number of H-pyrrole nitrogens is 1. The fourth-order valence-electron chi connectivity index (χ4n) is 2.46. The minimum Gasteiger partial charge on any atom is -0.389 e. The molecule has 2 rings (SSSR count). The van der Waals surface area contributed by atoms with E-state index in [-0.39, 0.29) is 11.5 Å². The number of hydrogen-bond donors (Lipinski definition) is 2. The Kier molecular flexibility index (Phi) is 6.11. The van der Waals surface area contributed by atoms with Crippen LogP contribution in [0.5, 0.6) is 0 Å². The van der Waals surface area contributed by atoms with Crippen molar-refractivity contribution in [3.8, 4) is 0 Å². The van der Waals surface area contributed by atoms with Crippen molar-refractivity contribution in [1.29, 1.82) is 0 Å². The smallest absolute Gasteiger partial charge is 0.255 e. The number of pyridine rings is 1. The zero-order valence-electron chi connectivity index (χ0n) is 12.8. The summed E-state index contributed by atoms with van der Waals surface area (Å²) in [5.74, 6) is -0.0780. The normalized spacial score (nSPS) is 17.5. The molecule has 1 saturated heterocycles. The summed E-state index contributed by atoms with van der Waals surface area (Å²) >= 11 is 0. The topological polar surface area (TPSA) is 85.9 Å².